The molecular weight excluding hydrogens is 184 g/mol. The molecule has 0 aromatic rings. The summed E-state index contributed by atoms with van der Waals surface area (Å²) in [5.41, 5.74) is 0. The number of ether oxygens (including phenoxy) is 2. The first kappa shape index (κ1) is 11.4. The molecule has 14 heavy (non-hydrogen) atoms. The van der Waals surface area contributed by atoms with Crippen LogP contribution >= 0.6 is 0 Å². The van der Waals surface area contributed by atoms with Gasteiger partial charge in [-0.05, 0) is 12.8 Å². The van der Waals surface area contributed by atoms with Crippen molar-refractivity contribution in [2.24, 2.45) is 0 Å². The lowest BCUT2D eigenvalue weighted by atomic mass is 10.1. The summed E-state index contributed by atoms with van der Waals surface area (Å²) < 4.78 is 10.0. The summed E-state index contributed by atoms with van der Waals surface area (Å²) >= 11 is 0. The summed E-state index contributed by atoms with van der Waals surface area (Å²) in [4.78, 5) is 11.3. The van der Waals surface area contributed by atoms with E-state index in [1.807, 2.05) is 0 Å². The predicted octanol–water partition coefficient (Wildman–Crippen LogP) is -0.526. The Labute approximate surface area is 84.1 Å². The Bertz CT molecular complexity index is 183. The summed E-state index contributed by atoms with van der Waals surface area (Å²) in [5.74, 6) is 0.0715. The Morgan fingerprint density at radius 2 is 2.29 bits per heavy atom. The van der Waals surface area contributed by atoms with Crippen LogP contribution in [0.4, 0.5) is 0 Å². The minimum absolute atomic E-state index is 0.0715. The molecule has 0 radical (unpaired) electrons. The Morgan fingerprint density at radius 1 is 1.57 bits per heavy atom. The van der Waals surface area contributed by atoms with Crippen molar-refractivity contribution < 1.29 is 14.3 Å². The highest BCUT2D eigenvalue weighted by Crippen LogP contribution is 2.03. The van der Waals surface area contributed by atoms with Crippen LogP contribution in [0.3, 0.4) is 0 Å². The largest absolute Gasteiger partial charge is 0.355 e. The quantitative estimate of drug-likeness (QED) is 0.589. The standard InChI is InChI=1S/C9H18N2O3/c1-13-8(14-2)6-11-7-4-3-5-10-9(7)12/h7-8,11H,3-6H2,1-2H3,(H,10,12). The molecule has 1 saturated heterocycles. The highest BCUT2D eigenvalue weighted by atomic mass is 16.7. The molecule has 1 fully saturated rings. The van der Waals surface area contributed by atoms with E-state index in [1.165, 1.54) is 0 Å². The van der Waals surface area contributed by atoms with E-state index in [0.29, 0.717) is 6.54 Å². The number of amides is 1. The van der Waals surface area contributed by atoms with E-state index in [9.17, 15) is 4.79 Å². The maximum absolute atomic E-state index is 11.3. The molecule has 1 amide bonds. The molecule has 0 spiro atoms. The fraction of sp³-hybridized carbons (Fsp3) is 0.889. The Balaban J connectivity index is 2.25. The molecule has 1 unspecified atom stereocenters. The Hall–Kier alpha value is -0.650. The van der Waals surface area contributed by atoms with Crippen molar-refractivity contribution in [3.05, 3.63) is 0 Å². The molecule has 2 N–H and O–H groups in total. The predicted molar refractivity (Wildman–Crippen MR) is 51.8 cm³/mol. The van der Waals surface area contributed by atoms with Crippen molar-refractivity contribution in [1.82, 2.24) is 10.6 Å². The average molecular weight is 202 g/mol. The molecule has 0 bridgehead atoms. The number of nitrogens with one attached hydrogen (secondary N) is 2. The summed E-state index contributed by atoms with van der Waals surface area (Å²) in [7, 11) is 3.16. The maximum Gasteiger partial charge on any atom is 0.237 e. The summed E-state index contributed by atoms with van der Waals surface area (Å²) in [6.07, 6.45) is 1.62. The summed E-state index contributed by atoms with van der Waals surface area (Å²) in [6, 6.07) is -0.100. The molecule has 1 aliphatic rings. The molecule has 0 aromatic heterocycles. The van der Waals surface area contributed by atoms with Gasteiger partial charge in [-0.15, -0.1) is 0 Å². The minimum atomic E-state index is -0.287. The fourth-order valence-electron chi connectivity index (χ4n) is 1.47. The normalized spacial score (nSPS) is 22.5. The molecule has 1 atom stereocenters. The van der Waals surface area contributed by atoms with Gasteiger partial charge in [0.25, 0.3) is 0 Å². The van der Waals surface area contributed by atoms with Gasteiger partial charge in [-0.1, -0.05) is 0 Å². The molecule has 1 aliphatic heterocycles. The molecule has 1 rings (SSSR count). The van der Waals surface area contributed by atoms with Crippen LogP contribution in [-0.4, -0.2) is 45.5 Å². The Morgan fingerprint density at radius 3 is 2.86 bits per heavy atom. The molecule has 82 valence electrons. The van der Waals surface area contributed by atoms with Crippen molar-refractivity contribution in [1.29, 1.82) is 0 Å². The van der Waals surface area contributed by atoms with Crippen LogP contribution in [0.2, 0.25) is 0 Å². The third-order valence-electron chi connectivity index (χ3n) is 2.34. The van der Waals surface area contributed by atoms with Crippen LogP contribution in [-0.2, 0) is 14.3 Å². The minimum Gasteiger partial charge on any atom is -0.355 e. The third-order valence-corrected chi connectivity index (χ3v) is 2.34. The lowest BCUT2D eigenvalue weighted by molar-refractivity contribution is -0.126. The van der Waals surface area contributed by atoms with E-state index >= 15 is 0 Å². The van der Waals surface area contributed by atoms with Crippen molar-refractivity contribution in [2.45, 2.75) is 25.2 Å². The van der Waals surface area contributed by atoms with Crippen LogP contribution in [0.15, 0.2) is 0 Å². The zero-order valence-corrected chi connectivity index (χ0v) is 8.71. The molecule has 5 heteroatoms. The molecule has 0 saturated carbocycles. The number of hydrogen-bond acceptors (Lipinski definition) is 4. The molecular formula is C9H18N2O3. The van der Waals surface area contributed by atoms with Gasteiger partial charge in [0.15, 0.2) is 6.29 Å². The second-order valence-corrected chi connectivity index (χ2v) is 3.30. The van der Waals surface area contributed by atoms with E-state index < -0.39 is 0 Å². The number of methoxy groups -OCH3 is 2. The van der Waals surface area contributed by atoms with Crippen molar-refractivity contribution >= 4 is 5.91 Å². The van der Waals surface area contributed by atoms with Crippen molar-refractivity contribution in [3.8, 4) is 0 Å². The third kappa shape index (κ3) is 3.25. The van der Waals surface area contributed by atoms with Gasteiger partial charge in [0.2, 0.25) is 5.91 Å². The second-order valence-electron chi connectivity index (χ2n) is 3.30. The van der Waals surface area contributed by atoms with Gasteiger partial charge in [-0.25, -0.2) is 0 Å². The highest BCUT2D eigenvalue weighted by molar-refractivity contribution is 5.82. The molecule has 0 aliphatic carbocycles. The Kier molecular flexibility index (Phi) is 4.86. The summed E-state index contributed by atoms with van der Waals surface area (Å²) in [6.45, 7) is 1.32. The summed E-state index contributed by atoms with van der Waals surface area (Å²) in [5, 5.41) is 5.92. The molecule has 0 aromatic carbocycles. The van der Waals surface area contributed by atoms with Gasteiger partial charge < -0.3 is 20.1 Å². The van der Waals surface area contributed by atoms with E-state index in [-0.39, 0.29) is 18.2 Å². The topological polar surface area (TPSA) is 59.6 Å². The number of piperidine rings is 1. The van der Waals surface area contributed by atoms with Gasteiger partial charge in [0, 0.05) is 27.3 Å². The first-order chi connectivity index (χ1) is 6.77. The van der Waals surface area contributed by atoms with Crippen LogP contribution in [0.1, 0.15) is 12.8 Å². The number of carbonyl (C=O) groups is 1. The first-order valence-corrected chi connectivity index (χ1v) is 4.84. The van der Waals surface area contributed by atoms with Gasteiger partial charge in [-0.3, -0.25) is 4.79 Å². The zero-order chi connectivity index (χ0) is 10.4. The lowest BCUT2D eigenvalue weighted by Gasteiger charge is -2.24. The van der Waals surface area contributed by atoms with Gasteiger partial charge in [-0.2, -0.15) is 0 Å². The zero-order valence-electron chi connectivity index (χ0n) is 8.71. The van der Waals surface area contributed by atoms with Gasteiger partial charge in [0.05, 0.1) is 6.04 Å². The fourth-order valence-corrected chi connectivity index (χ4v) is 1.47. The van der Waals surface area contributed by atoms with Crippen LogP contribution in [0.25, 0.3) is 0 Å². The van der Waals surface area contributed by atoms with E-state index in [4.69, 9.17) is 9.47 Å². The smallest absolute Gasteiger partial charge is 0.237 e. The molecule has 1 heterocycles. The van der Waals surface area contributed by atoms with E-state index in [0.717, 1.165) is 19.4 Å². The van der Waals surface area contributed by atoms with Crippen LogP contribution < -0.4 is 10.6 Å². The van der Waals surface area contributed by atoms with Gasteiger partial charge >= 0.3 is 0 Å². The maximum atomic E-state index is 11.3. The first-order valence-electron chi connectivity index (χ1n) is 4.84. The molecule has 5 nitrogen and oxygen atoms in total. The van der Waals surface area contributed by atoms with E-state index in [2.05, 4.69) is 10.6 Å². The average Bonchev–Trinajstić information content (AvgIpc) is 2.22. The number of hydrogen-bond donors (Lipinski definition) is 2. The monoisotopic (exact) mass is 202 g/mol. The highest BCUT2D eigenvalue weighted by Gasteiger charge is 2.22. The van der Waals surface area contributed by atoms with Crippen LogP contribution in [0, 0.1) is 0 Å². The number of carbonyl (C=O) groups excluding carboxylic acids is 1. The van der Waals surface area contributed by atoms with Crippen LogP contribution in [0.5, 0.6) is 0 Å². The second kappa shape index (κ2) is 5.95. The lowest BCUT2D eigenvalue weighted by Crippen LogP contribution is -2.50. The van der Waals surface area contributed by atoms with Gasteiger partial charge in [0.1, 0.15) is 0 Å². The number of rotatable bonds is 5. The SMILES string of the molecule is COC(CNC1CCCNC1=O)OC. The van der Waals surface area contributed by atoms with Crippen molar-refractivity contribution in [3.63, 3.8) is 0 Å². The van der Waals surface area contributed by atoms with Crippen molar-refractivity contribution in [2.75, 3.05) is 27.3 Å². The van der Waals surface area contributed by atoms with E-state index in [1.54, 1.807) is 14.2 Å².